The van der Waals surface area contributed by atoms with E-state index in [-0.39, 0.29) is 5.91 Å². The Balaban J connectivity index is 1.52. The number of hydrogen-bond acceptors (Lipinski definition) is 4. The van der Waals surface area contributed by atoms with Gasteiger partial charge in [-0.25, -0.2) is 4.79 Å². The van der Waals surface area contributed by atoms with E-state index >= 15 is 0 Å². The molecule has 1 aliphatic heterocycles. The van der Waals surface area contributed by atoms with Crippen molar-refractivity contribution >= 4 is 28.2 Å². The smallest absolute Gasteiger partial charge is 0.341 e. The third kappa shape index (κ3) is 4.70. The first kappa shape index (κ1) is 22.0. The number of ether oxygens (including phenoxy) is 1. The fourth-order valence-electron chi connectivity index (χ4n) is 6.02. The summed E-state index contributed by atoms with van der Waals surface area (Å²) in [6.07, 6.45) is 3.58. The van der Waals surface area contributed by atoms with Crippen LogP contribution in [0, 0.1) is 10.8 Å². The van der Waals surface area contributed by atoms with Gasteiger partial charge in [0.05, 0.1) is 19.2 Å². The Labute approximate surface area is 188 Å². The van der Waals surface area contributed by atoms with E-state index in [1.54, 1.807) is 6.92 Å². The van der Waals surface area contributed by atoms with Crippen molar-refractivity contribution < 1.29 is 19.2 Å². The van der Waals surface area contributed by atoms with Crippen molar-refractivity contribution in [1.82, 2.24) is 0 Å². The Morgan fingerprint density at radius 3 is 2.65 bits per heavy atom. The molecule has 2 aromatic rings. The van der Waals surface area contributed by atoms with E-state index in [1.807, 2.05) is 35.7 Å². The minimum atomic E-state index is -0.392. The molecular weight excluding hydrogens is 408 g/mol. The van der Waals surface area contributed by atoms with Gasteiger partial charge in [0.15, 0.2) is 6.54 Å². The van der Waals surface area contributed by atoms with Gasteiger partial charge in [0.1, 0.15) is 10.6 Å². The van der Waals surface area contributed by atoms with Gasteiger partial charge in [-0.1, -0.05) is 51.1 Å². The van der Waals surface area contributed by atoms with Gasteiger partial charge in [0, 0.05) is 29.2 Å². The molecule has 2 aliphatic rings. The second-order valence-corrected chi connectivity index (χ2v) is 11.1. The predicted molar refractivity (Wildman–Crippen MR) is 125 cm³/mol. The molecule has 3 unspecified atom stereocenters. The molecule has 31 heavy (non-hydrogen) atoms. The number of nitrogens with one attached hydrogen (secondary N) is 2. The highest BCUT2D eigenvalue weighted by Gasteiger charge is 2.53. The zero-order chi connectivity index (χ0) is 22.2. The molecule has 0 radical (unpaired) electrons. The van der Waals surface area contributed by atoms with Crippen molar-refractivity contribution in [1.29, 1.82) is 0 Å². The molecule has 166 valence electrons. The van der Waals surface area contributed by atoms with Crippen molar-refractivity contribution in [3.05, 3.63) is 41.3 Å². The Bertz CT molecular complexity index is 968. The van der Waals surface area contributed by atoms with E-state index in [0.717, 1.165) is 24.1 Å². The second kappa shape index (κ2) is 8.40. The summed E-state index contributed by atoms with van der Waals surface area (Å²) in [5.74, 6) is -0.424. The largest absolute Gasteiger partial charge is 0.462 e. The number of thiophene rings is 1. The molecule has 1 amide bonds. The molecule has 4 rings (SSSR count). The number of rotatable bonds is 6. The summed E-state index contributed by atoms with van der Waals surface area (Å²) in [4.78, 5) is 27.1. The standard InChI is InChI=1S/C25H32N2O3S/c1-5-30-23(29)21-19(17-9-7-6-8-10-17)14-31-22(21)26-20(28)13-27-16-25(4)12-18(27)11-24(2,3)15-25/h6-10,14,18H,5,11-13,15-16H2,1-4H3,(H,26,28)/p+1. The number of amides is 1. The fourth-order valence-corrected chi connectivity index (χ4v) is 6.99. The molecule has 0 spiro atoms. The molecule has 1 aromatic heterocycles. The summed E-state index contributed by atoms with van der Waals surface area (Å²) < 4.78 is 5.31. The van der Waals surface area contributed by atoms with Crippen LogP contribution in [-0.4, -0.2) is 37.6 Å². The minimum Gasteiger partial charge on any atom is -0.462 e. The number of anilines is 1. The molecule has 3 atom stereocenters. The number of carbonyl (C=O) groups excluding carboxylic acids is 2. The highest BCUT2D eigenvalue weighted by molar-refractivity contribution is 7.15. The maximum Gasteiger partial charge on any atom is 0.341 e. The highest BCUT2D eigenvalue weighted by Crippen LogP contribution is 2.47. The van der Waals surface area contributed by atoms with Gasteiger partial charge >= 0.3 is 5.97 Å². The van der Waals surface area contributed by atoms with Crippen LogP contribution in [0.5, 0.6) is 0 Å². The monoisotopic (exact) mass is 441 g/mol. The molecular formula is C25H33N2O3S+. The van der Waals surface area contributed by atoms with Crippen molar-refractivity contribution in [2.45, 2.75) is 53.0 Å². The van der Waals surface area contributed by atoms with Gasteiger partial charge in [-0.15, -0.1) is 11.3 Å². The van der Waals surface area contributed by atoms with Gasteiger partial charge in [-0.3, -0.25) is 4.79 Å². The van der Waals surface area contributed by atoms with Crippen LogP contribution in [0.15, 0.2) is 35.7 Å². The molecule has 1 saturated carbocycles. The molecule has 2 heterocycles. The summed E-state index contributed by atoms with van der Waals surface area (Å²) in [5, 5.41) is 5.54. The van der Waals surface area contributed by atoms with Gasteiger partial charge in [-0.2, -0.15) is 0 Å². The first-order valence-electron chi connectivity index (χ1n) is 11.2. The van der Waals surface area contributed by atoms with Crippen molar-refractivity contribution in [3.63, 3.8) is 0 Å². The van der Waals surface area contributed by atoms with Crippen molar-refractivity contribution in [3.8, 4) is 11.1 Å². The molecule has 1 aliphatic carbocycles. The van der Waals surface area contributed by atoms with Gasteiger partial charge < -0.3 is 15.0 Å². The maximum atomic E-state index is 13.0. The first-order chi connectivity index (χ1) is 14.7. The molecule has 6 heteroatoms. The van der Waals surface area contributed by atoms with Crippen LogP contribution in [0.25, 0.3) is 11.1 Å². The van der Waals surface area contributed by atoms with Crippen LogP contribution in [0.1, 0.15) is 57.3 Å². The summed E-state index contributed by atoms with van der Waals surface area (Å²) in [6, 6.07) is 10.3. The summed E-state index contributed by atoms with van der Waals surface area (Å²) in [7, 11) is 0. The molecule has 5 nitrogen and oxygen atoms in total. The SMILES string of the molecule is CCOC(=O)c1c(-c2ccccc2)csc1NC(=O)C[NH+]1CC2(C)CC1CC(C)(C)C2. The fraction of sp³-hybridized carbons (Fsp3) is 0.520. The van der Waals surface area contributed by atoms with Crippen LogP contribution in [0.4, 0.5) is 5.00 Å². The zero-order valence-corrected chi connectivity index (χ0v) is 19.7. The number of carbonyl (C=O) groups is 2. The predicted octanol–water partition coefficient (Wildman–Crippen LogP) is 4.01. The second-order valence-electron chi connectivity index (χ2n) is 10.3. The maximum absolute atomic E-state index is 13.0. The van der Waals surface area contributed by atoms with E-state index in [2.05, 4.69) is 26.1 Å². The molecule has 2 N–H and O–H groups in total. The van der Waals surface area contributed by atoms with Gasteiger partial charge in [-0.05, 0) is 24.3 Å². The molecule has 1 aromatic carbocycles. The number of likely N-dealkylation sites (tertiary alicyclic amines) is 1. The van der Waals surface area contributed by atoms with E-state index in [9.17, 15) is 9.59 Å². The first-order valence-corrected chi connectivity index (χ1v) is 12.1. The number of benzene rings is 1. The van der Waals surface area contributed by atoms with E-state index in [4.69, 9.17) is 4.74 Å². The van der Waals surface area contributed by atoms with Crippen LogP contribution >= 0.6 is 11.3 Å². The topological polar surface area (TPSA) is 59.8 Å². The quantitative estimate of drug-likeness (QED) is 0.666. The van der Waals surface area contributed by atoms with Gasteiger partial charge in [0.2, 0.25) is 0 Å². The van der Waals surface area contributed by atoms with Crippen LogP contribution in [0.2, 0.25) is 0 Å². The highest BCUT2D eigenvalue weighted by atomic mass is 32.1. The third-order valence-electron chi connectivity index (χ3n) is 6.67. The van der Waals surface area contributed by atoms with Crippen molar-refractivity contribution in [2.24, 2.45) is 10.8 Å². The third-order valence-corrected chi connectivity index (χ3v) is 7.57. The lowest BCUT2D eigenvalue weighted by Gasteiger charge is -2.37. The van der Waals surface area contributed by atoms with Crippen LogP contribution in [-0.2, 0) is 9.53 Å². The minimum absolute atomic E-state index is 0.0315. The van der Waals surface area contributed by atoms with Crippen molar-refractivity contribution in [2.75, 3.05) is 25.0 Å². The Hall–Kier alpha value is -2.18. The van der Waals surface area contributed by atoms with E-state index in [1.165, 1.54) is 29.1 Å². The normalized spacial score (nSPS) is 26.5. The summed E-state index contributed by atoms with van der Waals surface area (Å²) in [6.45, 7) is 10.6. The zero-order valence-electron chi connectivity index (χ0n) is 18.9. The Morgan fingerprint density at radius 2 is 1.94 bits per heavy atom. The van der Waals surface area contributed by atoms with Crippen LogP contribution < -0.4 is 10.2 Å². The molecule has 2 bridgehead atoms. The Kier molecular flexibility index (Phi) is 5.97. The Morgan fingerprint density at radius 1 is 1.19 bits per heavy atom. The number of esters is 1. The molecule has 2 fully saturated rings. The van der Waals surface area contributed by atoms with E-state index in [0.29, 0.717) is 40.6 Å². The van der Waals surface area contributed by atoms with Gasteiger partial charge in [0.25, 0.3) is 5.91 Å². The summed E-state index contributed by atoms with van der Waals surface area (Å²) >= 11 is 1.39. The molecule has 1 saturated heterocycles. The number of hydrogen-bond donors (Lipinski definition) is 2. The lowest BCUT2D eigenvalue weighted by molar-refractivity contribution is -0.906. The average Bonchev–Trinajstić information content (AvgIpc) is 3.19. The lowest BCUT2D eigenvalue weighted by Crippen LogP contribution is -3.15. The van der Waals surface area contributed by atoms with E-state index < -0.39 is 5.97 Å². The summed E-state index contributed by atoms with van der Waals surface area (Å²) in [5.41, 5.74) is 2.86. The average molecular weight is 442 g/mol. The lowest BCUT2D eigenvalue weighted by atomic mass is 9.65. The number of quaternary nitrogens is 1. The number of fused-ring (bicyclic) bond motifs is 2. The van der Waals surface area contributed by atoms with Crippen LogP contribution in [0.3, 0.4) is 0 Å².